The number of nitrogens with one attached hydrogen (secondary N) is 2. The fourth-order valence-electron chi connectivity index (χ4n) is 1.80. The molecule has 0 saturated carbocycles. The van der Waals surface area contributed by atoms with Crippen LogP contribution < -0.4 is 10.7 Å². The van der Waals surface area contributed by atoms with E-state index in [0.29, 0.717) is 0 Å². The summed E-state index contributed by atoms with van der Waals surface area (Å²) in [6.07, 6.45) is 0. The highest BCUT2D eigenvalue weighted by atomic mass is 79.9. The van der Waals surface area contributed by atoms with Crippen molar-refractivity contribution in [1.29, 1.82) is 0 Å². The highest BCUT2D eigenvalue weighted by Gasteiger charge is 2.01. The van der Waals surface area contributed by atoms with Crippen molar-refractivity contribution in [3.8, 4) is 0 Å². The maximum Gasteiger partial charge on any atom is 0.259 e. The van der Waals surface area contributed by atoms with Gasteiger partial charge in [0.2, 0.25) is 0 Å². The summed E-state index contributed by atoms with van der Waals surface area (Å²) in [5.41, 5.74) is 6.38. The largest absolute Gasteiger partial charge is 0.376 e. The van der Waals surface area contributed by atoms with Crippen LogP contribution in [0.3, 0.4) is 0 Å². The molecule has 0 aliphatic heterocycles. The van der Waals surface area contributed by atoms with Gasteiger partial charge >= 0.3 is 0 Å². The van der Waals surface area contributed by atoms with Crippen molar-refractivity contribution in [2.24, 2.45) is 5.10 Å². The van der Waals surface area contributed by atoms with E-state index in [1.54, 1.807) is 0 Å². The van der Waals surface area contributed by atoms with Crippen molar-refractivity contribution >= 4 is 33.2 Å². The van der Waals surface area contributed by atoms with Gasteiger partial charge in [0.1, 0.15) is 0 Å². The van der Waals surface area contributed by atoms with Crippen LogP contribution in [0.4, 0.5) is 5.69 Å². The topological polar surface area (TPSA) is 53.5 Å². The summed E-state index contributed by atoms with van der Waals surface area (Å²) in [6, 6.07) is 15.6. The maximum atomic E-state index is 11.8. The Labute approximate surface area is 138 Å². The molecule has 0 spiro atoms. The lowest BCUT2D eigenvalue weighted by molar-refractivity contribution is -0.119. The molecule has 0 bridgehead atoms. The Balaban J connectivity index is 1.85. The van der Waals surface area contributed by atoms with Crippen molar-refractivity contribution in [3.63, 3.8) is 0 Å². The van der Waals surface area contributed by atoms with Crippen LogP contribution in [0, 0.1) is 6.92 Å². The Hall–Kier alpha value is -2.14. The Kier molecular flexibility index (Phi) is 5.72. The summed E-state index contributed by atoms with van der Waals surface area (Å²) >= 11 is 3.39. The number of carbonyl (C=O) groups is 1. The number of hydrazone groups is 1. The van der Waals surface area contributed by atoms with Crippen LogP contribution >= 0.6 is 15.9 Å². The first kappa shape index (κ1) is 16.2. The Bertz CT molecular complexity index is 663. The summed E-state index contributed by atoms with van der Waals surface area (Å²) in [5, 5.41) is 7.17. The van der Waals surface area contributed by atoms with Gasteiger partial charge in [0.05, 0.1) is 12.3 Å². The number of benzene rings is 2. The summed E-state index contributed by atoms with van der Waals surface area (Å²) < 4.78 is 1.01. The second-order valence-electron chi connectivity index (χ2n) is 4.96. The number of hydrogen-bond donors (Lipinski definition) is 2. The number of carbonyl (C=O) groups excluding carboxylic acids is 1. The molecule has 5 heteroatoms. The molecule has 0 radical (unpaired) electrons. The Morgan fingerprint density at radius 3 is 2.36 bits per heavy atom. The number of amides is 1. The lowest BCUT2D eigenvalue weighted by Gasteiger charge is -2.06. The molecular weight excluding hydrogens is 342 g/mol. The van der Waals surface area contributed by atoms with Gasteiger partial charge in [-0.05, 0) is 43.7 Å². The number of anilines is 1. The standard InChI is InChI=1S/C17H18BrN3O/c1-12-3-9-16(10-4-12)19-11-17(22)21-20-13(2)14-5-7-15(18)8-6-14/h3-10,19H,11H2,1-2H3,(H,21,22)/b20-13+. The monoisotopic (exact) mass is 359 g/mol. The van der Waals surface area contributed by atoms with Crippen LogP contribution in [0.2, 0.25) is 0 Å². The van der Waals surface area contributed by atoms with E-state index < -0.39 is 0 Å². The molecule has 0 saturated heterocycles. The van der Waals surface area contributed by atoms with Crippen molar-refractivity contribution in [1.82, 2.24) is 5.43 Å². The van der Waals surface area contributed by atoms with Gasteiger partial charge in [0, 0.05) is 10.2 Å². The minimum absolute atomic E-state index is 0.181. The van der Waals surface area contributed by atoms with Crippen LogP contribution in [0.25, 0.3) is 0 Å². The highest BCUT2D eigenvalue weighted by Crippen LogP contribution is 2.11. The number of nitrogens with zero attached hydrogens (tertiary/aromatic N) is 1. The zero-order chi connectivity index (χ0) is 15.9. The summed E-state index contributed by atoms with van der Waals surface area (Å²) in [6.45, 7) is 4.06. The smallest absolute Gasteiger partial charge is 0.259 e. The minimum Gasteiger partial charge on any atom is -0.376 e. The zero-order valence-electron chi connectivity index (χ0n) is 12.6. The van der Waals surface area contributed by atoms with Crippen LogP contribution in [-0.2, 0) is 4.79 Å². The zero-order valence-corrected chi connectivity index (χ0v) is 14.1. The first-order valence-electron chi connectivity index (χ1n) is 6.94. The molecular formula is C17H18BrN3O. The quantitative estimate of drug-likeness (QED) is 0.631. The SMILES string of the molecule is C/C(=N\NC(=O)CNc1ccc(C)cc1)c1ccc(Br)cc1. The van der Waals surface area contributed by atoms with Crippen molar-refractivity contribution in [2.45, 2.75) is 13.8 Å². The van der Waals surface area contributed by atoms with E-state index in [1.807, 2.05) is 62.4 Å². The van der Waals surface area contributed by atoms with E-state index in [0.717, 1.165) is 21.4 Å². The first-order chi connectivity index (χ1) is 10.5. The van der Waals surface area contributed by atoms with E-state index in [9.17, 15) is 4.79 Å². The summed E-state index contributed by atoms with van der Waals surface area (Å²) in [5.74, 6) is -0.183. The van der Waals surface area contributed by atoms with Gasteiger partial charge in [-0.15, -0.1) is 0 Å². The number of halogens is 1. The van der Waals surface area contributed by atoms with Gasteiger partial charge in [0.15, 0.2) is 0 Å². The Morgan fingerprint density at radius 1 is 1.09 bits per heavy atom. The molecule has 0 fully saturated rings. The molecule has 0 aliphatic rings. The lowest BCUT2D eigenvalue weighted by atomic mass is 10.1. The van der Waals surface area contributed by atoms with Crippen molar-refractivity contribution < 1.29 is 4.79 Å². The molecule has 114 valence electrons. The molecule has 0 heterocycles. The second-order valence-corrected chi connectivity index (χ2v) is 5.87. The number of aryl methyl sites for hydroxylation is 1. The molecule has 0 atom stereocenters. The molecule has 2 aromatic rings. The van der Waals surface area contributed by atoms with E-state index in [-0.39, 0.29) is 12.5 Å². The van der Waals surface area contributed by atoms with Crippen LogP contribution in [-0.4, -0.2) is 18.2 Å². The normalized spacial score (nSPS) is 11.1. The summed E-state index contributed by atoms with van der Waals surface area (Å²) in [4.78, 5) is 11.8. The van der Waals surface area contributed by atoms with Crippen LogP contribution in [0.15, 0.2) is 58.1 Å². The van der Waals surface area contributed by atoms with Crippen molar-refractivity contribution in [2.75, 3.05) is 11.9 Å². The van der Waals surface area contributed by atoms with Gasteiger partial charge in [-0.2, -0.15) is 5.10 Å². The highest BCUT2D eigenvalue weighted by molar-refractivity contribution is 9.10. The predicted molar refractivity (Wildman–Crippen MR) is 94.2 cm³/mol. The Morgan fingerprint density at radius 2 is 1.73 bits per heavy atom. The fraction of sp³-hybridized carbons (Fsp3) is 0.176. The second kappa shape index (κ2) is 7.75. The molecule has 4 nitrogen and oxygen atoms in total. The average molecular weight is 360 g/mol. The fourth-order valence-corrected chi connectivity index (χ4v) is 2.06. The molecule has 2 rings (SSSR count). The minimum atomic E-state index is -0.183. The van der Waals surface area contributed by atoms with E-state index >= 15 is 0 Å². The van der Waals surface area contributed by atoms with Gasteiger partial charge in [-0.3, -0.25) is 4.79 Å². The van der Waals surface area contributed by atoms with Gasteiger partial charge in [-0.1, -0.05) is 45.8 Å². The number of rotatable bonds is 5. The summed E-state index contributed by atoms with van der Waals surface area (Å²) in [7, 11) is 0. The third-order valence-electron chi connectivity index (χ3n) is 3.11. The third kappa shape index (κ3) is 5.00. The van der Waals surface area contributed by atoms with E-state index in [4.69, 9.17) is 0 Å². The molecule has 2 aromatic carbocycles. The van der Waals surface area contributed by atoms with Crippen LogP contribution in [0.5, 0.6) is 0 Å². The van der Waals surface area contributed by atoms with E-state index in [1.165, 1.54) is 5.56 Å². The predicted octanol–water partition coefficient (Wildman–Crippen LogP) is 3.71. The molecule has 22 heavy (non-hydrogen) atoms. The third-order valence-corrected chi connectivity index (χ3v) is 3.64. The van der Waals surface area contributed by atoms with Crippen LogP contribution in [0.1, 0.15) is 18.1 Å². The van der Waals surface area contributed by atoms with Gasteiger partial charge in [0.25, 0.3) is 5.91 Å². The molecule has 0 unspecified atom stereocenters. The van der Waals surface area contributed by atoms with Gasteiger partial charge < -0.3 is 5.32 Å². The lowest BCUT2D eigenvalue weighted by Crippen LogP contribution is -2.26. The molecule has 2 N–H and O–H groups in total. The average Bonchev–Trinajstić information content (AvgIpc) is 2.52. The molecule has 0 aliphatic carbocycles. The molecule has 0 aromatic heterocycles. The first-order valence-corrected chi connectivity index (χ1v) is 7.73. The van der Waals surface area contributed by atoms with Gasteiger partial charge in [-0.25, -0.2) is 5.43 Å². The van der Waals surface area contributed by atoms with Crippen molar-refractivity contribution in [3.05, 3.63) is 64.1 Å². The van der Waals surface area contributed by atoms with E-state index in [2.05, 4.69) is 31.8 Å². The molecule has 1 amide bonds. The maximum absolute atomic E-state index is 11.8. The number of hydrogen-bond acceptors (Lipinski definition) is 3.